The number of hydrogen-bond donors (Lipinski definition) is 3. The zero-order chi connectivity index (χ0) is 14.5. The first-order valence-electron chi connectivity index (χ1n) is 7.12. The highest BCUT2D eigenvalue weighted by molar-refractivity contribution is 5.84. The fourth-order valence-electron chi connectivity index (χ4n) is 2.85. The van der Waals surface area contributed by atoms with Gasteiger partial charge in [-0.1, -0.05) is 25.7 Å². The molecule has 0 aromatic carbocycles. The summed E-state index contributed by atoms with van der Waals surface area (Å²) in [7, 11) is 0. The van der Waals surface area contributed by atoms with Crippen molar-refractivity contribution >= 4 is 11.8 Å². The summed E-state index contributed by atoms with van der Waals surface area (Å²) >= 11 is 0. The molecule has 0 unspecified atom stereocenters. The van der Waals surface area contributed by atoms with Gasteiger partial charge in [0, 0.05) is 18.5 Å². The third-order valence-electron chi connectivity index (χ3n) is 4.00. The van der Waals surface area contributed by atoms with Crippen LogP contribution in [0.5, 0.6) is 0 Å². The minimum Gasteiger partial charge on any atom is -0.370 e. The summed E-state index contributed by atoms with van der Waals surface area (Å²) < 4.78 is 0. The van der Waals surface area contributed by atoms with E-state index in [1.165, 1.54) is 12.8 Å². The van der Waals surface area contributed by atoms with Crippen LogP contribution < -0.4 is 16.8 Å². The maximum atomic E-state index is 12.6. The fourth-order valence-corrected chi connectivity index (χ4v) is 2.85. The van der Waals surface area contributed by atoms with E-state index in [2.05, 4.69) is 5.32 Å². The van der Waals surface area contributed by atoms with Gasteiger partial charge in [0.05, 0.1) is 5.41 Å². The van der Waals surface area contributed by atoms with Gasteiger partial charge in [0.2, 0.25) is 11.8 Å². The largest absolute Gasteiger partial charge is 0.370 e. The van der Waals surface area contributed by atoms with Crippen LogP contribution >= 0.6 is 0 Å². The van der Waals surface area contributed by atoms with E-state index in [1.807, 2.05) is 13.8 Å². The number of carbonyl (C=O) groups excluding carboxylic acids is 2. The number of carbonyl (C=O) groups is 2. The van der Waals surface area contributed by atoms with E-state index in [0.29, 0.717) is 6.54 Å². The van der Waals surface area contributed by atoms with Crippen LogP contribution in [0.3, 0.4) is 0 Å². The summed E-state index contributed by atoms with van der Waals surface area (Å²) in [6.45, 7) is 4.00. The maximum Gasteiger partial charge on any atom is 0.227 e. The van der Waals surface area contributed by atoms with Crippen molar-refractivity contribution < 1.29 is 9.59 Å². The van der Waals surface area contributed by atoms with E-state index in [0.717, 1.165) is 25.7 Å². The highest BCUT2D eigenvalue weighted by Gasteiger charge is 2.39. The molecule has 0 heterocycles. The Morgan fingerprint density at radius 3 is 2.11 bits per heavy atom. The maximum absolute atomic E-state index is 12.6. The molecule has 5 heteroatoms. The van der Waals surface area contributed by atoms with E-state index in [4.69, 9.17) is 11.5 Å². The van der Waals surface area contributed by atoms with Gasteiger partial charge in [-0.15, -0.1) is 0 Å². The lowest BCUT2D eigenvalue weighted by molar-refractivity contribution is -0.133. The predicted molar refractivity (Wildman–Crippen MR) is 75.2 cm³/mol. The van der Waals surface area contributed by atoms with E-state index in [1.54, 1.807) is 0 Å². The van der Waals surface area contributed by atoms with Crippen LogP contribution in [0, 0.1) is 5.41 Å². The SMILES string of the molecule is CC(C)(CC(N)=O)NC(=O)C1(CN)CCCCCC1. The lowest BCUT2D eigenvalue weighted by Crippen LogP contribution is -2.54. The molecule has 5 nitrogen and oxygen atoms in total. The second-order valence-corrected chi connectivity index (χ2v) is 6.38. The number of amides is 2. The molecule has 0 aromatic heterocycles. The highest BCUT2D eigenvalue weighted by Crippen LogP contribution is 2.35. The lowest BCUT2D eigenvalue weighted by Gasteiger charge is -2.35. The Morgan fingerprint density at radius 1 is 1.16 bits per heavy atom. The molecular weight excluding hydrogens is 242 g/mol. The normalized spacial score (nSPS) is 19.5. The molecule has 1 aliphatic carbocycles. The third kappa shape index (κ3) is 4.49. The monoisotopic (exact) mass is 269 g/mol. The Balaban J connectivity index is 2.75. The van der Waals surface area contributed by atoms with Gasteiger partial charge in [-0.25, -0.2) is 0 Å². The van der Waals surface area contributed by atoms with E-state index in [-0.39, 0.29) is 12.3 Å². The molecule has 1 saturated carbocycles. The Labute approximate surface area is 115 Å². The van der Waals surface area contributed by atoms with Crippen molar-refractivity contribution in [1.82, 2.24) is 5.32 Å². The van der Waals surface area contributed by atoms with Crippen LogP contribution in [0.15, 0.2) is 0 Å². The van der Waals surface area contributed by atoms with Crippen molar-refractivity contribution in [3.8, 4) is 0 Å². The molecule has 0 radical (unpaired) electrons. The molecule has 1 rings (SSSR count). The van der Waals surface area contributed by atoms with Crippen molar-refractivity contribution in [1.29, 1.82) is 0 Å². The smallest absolute Gasteiger partial charge is 0.227 e. The van der Waals surface area contributed by atoms with Gasteiger partial charge in [-0.05, 0) is 26.7 Å². The third-order valence-corrected chi connectivity index (χ3v) is 4.00. The van der Waals surface area contributed by atoms with Gasteiger partial charge in [0.25, 0.3) is 0 Å². The Kier molecular flexibility index (Phi) is 5.35. The zero-order valence-corrected chi connectivity index (χ0v) is 12.1. The number of hydrogen-bond acceptors (Lipinski definition) is 3. The molecule has 110 valence electrons. The molecule has 0 aromatic rings. The van der Waals surface area contributed by atoms with Gasteiger partial charge in [-0.3, -0.25) is 9.59 Å². The van der Waals surface area contributed by atoms with E-state index < -0.39 is 16.9 Å². The summed E-state index contributed by atoms with van der Waals surface area (Å²) in [5.74, 6) is -0.434. The van der Waals surface area contributed by atoms with Gasteiger partial charge < -0.3 is 16.8 Å². The highest BCUT2D eigenvalue weighted by atomic mass is 16.2. The number of primary amides is 1. The van der Waals surface area contributed by atoms with Crippen LogP contribution in [0.4, 0.5) is 0 Å². The quantitative estimate of drug-likeness (QED) is 0.651. The molecule has 0 spiro atoms. The van der Waals surface area contributed by atoms with Crippen molar-refractivity contribution in [2.24, 2.45) is 16.9 Å². The summed E-state index contributed by atoms with van der Waals surface area (Å²) in [6, 6.07) is 0. The summed E-state index contributed by atoms with van der Waals surface area (Å²) in [6.07, 6.45) is 6.23. The molecule has 1 aliphatic rings. The molecule has 0 saturated heterocycles. The first-order valence-corrected chi connectivity index (χ1v) is 7.12. The second kappa shape index (κ2) is 6.37. The van der Waals surface area contributed by atoms with Crippen LogP contribution in [-0.2, 0) is 9.59 Å². The average Bonchev–Trinajstić information content (AvgIpc) is 2.52. The van der Waals surface area contributed by atoms with Gasteiger partial charge in [-0.2, -0.15) is 0 Å². The number of nitrogens with one attached hydrogen (secondary N) is 1. The van der Waals surface area contributed by atoms with Crippen LogP contribution in [0.2, 0.25) is 0 Å². The first-order chi connectivity index (χ1) is 8.81. The summed E-state index contributed by atoms with van der Waals surface area (Å²) in [5, 5.41) is 2.96. The molecule has 1 fully saturated rings. The Hall–Kier alpha value is -1.10. The first kappa shape index (κ1) is 16.0. The molecule has 2 amide bonds. The fraction of sp³-hybridized carbons (Fsp3) is 0.857. The predicted octanol–water partition coefficient (Wildman–Crippen LogP) is 1.06. The topological polar surface area (TPSA) is 98.2 Å². The average molecular weight is 269 g/mol. The molecule has 0 atom stereocenters. The van der Waals surface area contributed by atoms with E-state index >= 15 is 0 Å². The molecule has 0 aliphatic heterocycles. The number of nitrogens with two attached hydrogens (primary N) is 2. The van der Waals surface area contributed by atoms with Crippen molar-refractivity contribution in [2.45, 2.75) is 64.3 Å². The van der Waals surface area contributed by atoms with Crippen molar-refractivity contribution in [3.63, 3.8) is 0 Å². The van der Waals surface area contributed by atoms with Crippen LogP contribution in [-0.4, -0.2) is 23.9 Å². The minimum atomic E-state index is -0.614. The van der Waals surface area contributed by atoms with Crippen LogP contribution in [0.25, 0.3) is 0 Å². The lowest BCUT2D eigenvalue weighted by atomic mass is 9.78. The van der Waals surface area contributed by atoms with Crippen LogP contribution in [0.1, 0.15) is 58.8 Å². The van der Waals surface area contributed by atoms with Gasteiger partial charge >= 0.3 is 0 Å². The van der Waals surface area contributed by atoms with Crippen molar-refractivity contribution in [2.75, 3.05) is 6.54 Å². The minimum absolute atomic E-state index is 0.0249. The molecule has 19 heavy (non-hydrogen) atoms. The van der Waals surface area contributed by atoms with E-state index in [9.17, 15) is 9.59 Å². The van der Waals surface area contributed by atoms with Crippen molar-refractivity contribution in [3.05, 3.63) is 0 Å². The Bertz CT molecular complexity index is 332. The molecular formula is C14H27N3O2. The summed E-state index contributed by atoms with van der Waals surface area (Å²) in [4.78, 5) is 23.6. The zero-order valence-electron chi connectivity index (χ0n) is 12.1. The molecule has 0 bridgehead atoms. The van der Waals surface area contributed by atoms with Gasteiger partial charge in [0.15, 0.2) is 0 Å². The Morgan fingerprint density at radius 2 is 1.68 bits per heavy atom. The summed E-state index contributed by atoms with van der Waals surface area (Å²) in [5.41, 5.74) is 10.0. The standard InChI is InChI=1S/C14H27N3O2/c1-13(2,9-11(16)18)17-12(19)14(10-15)7-5-3-4-6-8-14/h3-10,15H2,1-2H3,(H2,16,18)(H,17,19). The molecule has 5 N–H and O–H groups in total. The number of rotatable bonds is 5. The van der Waals surface area contributed by atoms with Gasteiger partial charge in [0.1, 0.15) is 0 Å². The second-order valence-electron chi connectivity index (χ2n) is 6.38.